The van der Waals surface area contributed by atoms with Crippen LogP contribution in [0, 0.1) is 5.92 Å². The second kappa shape index (κ2) is 6.58. The zero-order chi connectivity index (χ0) is 10.3. The van der Waals surface area contributed by atoms with E-state index in [1.807, 2.05) is 6.08 Å². The Kier molecular flexibility index (Phi) is 6.11. The number of hydrogen-bond donors (Lipinski definition) is 1. The van der Waals surface area contributed by atoms with Gasteiger partial charge in [-0.2, -0.15) is 0 Å². The summed E-state index contributed by atoms with van der Waals surface area (Å²) in [6.45, 7) is 10.1. The summed E-state index contributed by atoms with van der Waals surface area (Å²) in [7, 11) is 0. The van der Waals surface area contributed by atoms with Crippen molar-refractivity contribution in [1.82, 2.24) is 0 Å². The molecule has 0 fully saturated rings. The van der Waals surface area contributed by atoms with E-state index in [1.165, 1.54) is 0 Å². The molecule has 0 aromatic rings. The highest BCUT2D eigenvalue weighted by Crippen LogP contribution is 2.10. The lowest BCUT2D eigenvalue weighted by atomic mass is 10.1. The Morgan fingerprint density at radius 2 is 2.15 bits per heavy atom. The quantitative estimate of drug-likeness (QED) is 0.642. The van der Waals surface area contributed by atoms with Gasteiger partial charge in [0.1, 0.15) is 0 Å². The first-order chi connectivity index (χ1) is 6.10. The summed E-state index contributed by atoms with van der Waals surface area (Å²) in [6.07, 6.45) is 4.91. The van der Waals surface area contributed by atoms with E-state index in [2.05, 4.69) is 27.4 Å². The summed E-state index contributed by atoms with van der Waals surface area (Å²) >= 11 is 0. The third kappa shape index (κ3) is 6.26. The number of ether oxygens (including phenoxy) is 1. The standard InChI is InChI=1S/C11H21NO/c1-5-7-10(4)13-11(12)8-9(3)6-2/h8-9H,4-7,12H2,1-3H3/b11-8+. The van der Waals surface area contributed by atoms with E-state index in [9.17, 15) is 0 Å². The van der Waals surface area contributed by atoms with Crippen LogP contribution in [0.3, 0.4) is 0 Å². The molecule has 0 aromatic heterocycles. The first-order valence-electron chi connectivity index (χ1n) is 4.93. The van der Waals surface area contributed by atoms with Crippen LogP contribution >= 0.6 is 0 Å². The van der Waals surface area contributed by atoms with Gasteiger partial charge in [0.15, 0.2) is 5.88 Å². The average Bonchev–Trinajstić information content (AvgIpc) is 2.04. The van der Waals surface area contributed by atoms with Crippen molar-refractivity contribution < 1.29 is 4.74 Å². The molecule has 0 bridgehead atoms. The summed E-state index contributed by atoms with van der Waals surface area (Å²) in [6, 6.07) is 0. The Morgan fingerprint density at radius 3 is 2.62 bits per heavy atom. The highest BCUT2D eigenvalue weighted by molar-refractivity contribution is 4.96. The molecule has 0 rings (SSSR count). The molecule has 2 heteroatoms. The Hall–Kier alpha value is -0.920. The number of hydrogen-bond acceptors (Lipinski definition) is 2. The minimum absolute atomic E-state index is 0.467. The zero-order valence-electron chi connectivity index (χ0n) is 8.97. The van der Waals surface area contributed by atoms with Crippen LogP contribution in [-0.4, -0.2) is 0 Å². The first kappa shape index (κ1) is 12.1. The molecular weight excluding hydrogens is 162 g/mol. The lowest BCUT2D eigenvalue weighted by Crippen LogP contribution is -2.04. The van der Waals surface area contributed by atoms with Crippen molar-refractivity contribution >= 4 is 0 Å². The molecule has 0 spiro atoms. The topological polar surface area (TPSA) is 35.2 Å². The van der Waals surface area contributed by atoms with Crippen molar-refractivity contribution in [3.05, 3.63) is 24.3 Å². The lowest BCUT2D eigenvalue weighted by Gasteiger charge is -2.09. The molecular formula is C11H21NO. The van der Waals surface area contributed by atoms with Gasteiger partial charge >= 0.3 is 0 Å². The second-order valence-electron chi connectivity index (χ2n) is 3.35. The van der Waals surface area contributed by atoms with Crippen LogP contribution in [0.2, 0.25) is 0 Å². The van der Waals surface area contributed by atoms with Crippen molar-refractivity contribution in [3.63, 3.8) is 0 Å². The molecule has 0 saturated carbocycles. The Balaban J connectivity index is 3.91. The van der Waals surface area contributed by atoms with Crippen molar-refractivity contribution in [2.45, 2.75) is 40.0 Å². The van der Waals surface area contributed by atoms with Crippen molar-refractivity contribution in [3.8, 4) is 0 Å². The van der Waals surface area contributed by atoms with Gasteiger partial charge in [-0.15, -0.1) is 0 Å². The van der Waals surface area contributed by atoms with E-state index < -0.39 is 0 Å². The van der Waals surface area contributed by atoms with Crippen molar-refractivity contribution in [2.24, 2.45) is 11.7 Å². The van der Waals surface area contributed by atoms with Crippen LogP contribution in [0.1, 0.15) is 40.0 Å². The molecule has 0 aliphatic rings. The Bertz CT molecular complexity index is 185. The SMILES string of the molecule is C=C(CCC)O/C(N)=C/C(C)CC. The van der Waals surface area contributed by atoms with Crippen LogP contribution in [0.5, 0.6) is 0 Å². The molecule has 1 unspecified atom stereocenters. The largest absolute Gasteiger partial charge is 0.447 e. The minimum atomic E-state index is 0.467. The molecule has 2 N–H and O–H groups in total. The van der Waals surface area contributed by atoms with E-state index in [0.717, 1.165) is 25.0 Å². The smallest absolute Gasteiger partial charge is 0.186 e. The van der Waals surface area contributed by atoms with Gasteiger partial charge in [-0.25, -0.2) is 0 Å². The Labute approximate surface area is 81.5 Å². The summed E-state index contributed by atoms with van der Waals surface area (Å²) in [5.74, 6) is 1.70. The van der Waals surface area contributed by atoms with Gasteiger partial charge in [0.2, 0.25) is 0 Å². The molecule has 0 heterocycles. The molecule has 13 heavy (non-hydrogen) atoms. The highest BCUT2D eigenvalue weighted by Gasteiger charge is 1.99. The van der Waals surface area contributed by atoms with Crippen molar-refractivity contribution in [2.75, 3.05) is 0 Å². The highest BCUT2D eigenvalue weighted by atomic mass is 16.5. The van der Waals surface area contributed by atoms with Crippen LogP contribution in [-0.2, 0) is 4.74 Å². The summed E-state index contributed by atoms with van der Waals surface area (Å²) in [4.78, 5) is 0. The van der Waals surface area contributed by atoms with Crippen LogP contribution < -0.4 is 5.73 Å². The maximum atomic E-state index is 5.66. The maximum Gasteiger partial charge on any atom is 0.186 e. The third-order valence-corrected chi connectivity index (χ3v) is 1.88. The summed E-state index contributed by atoms with van der Waals surface area (Å²) in [5.41, 5.74) is 5.66. The van der Waals surface area contributed by atoms with Gasteiger partial charge in [-0.3, -0.25) is 0 Å². The van der Waals surface area contributed by atoms with Gasteiger partial charge in [0.05, 0.1) is 5.76 Å². The molecule has 76 valence electrons. The maximum absolute atomic E-state index is 5.66. The molecule has 1 atom stereocenters. The fraction of sp³-hybridized carbons (Fsp3) is 0.636. The molecule has 0 saturated heterocycles. The van der Waals surface area contributed by atoms with Crippen LogP contribution in [0.15, 0.2) is 24.3 Å². The minimum Gasteiger partial charge on any atom is -0.447 e. The second-order valence-corrected chi connectivity index (χ2v) is 3.35. The predicted octanol–water partition coefficient (Wildman–Crippen LogP) is 3.16. The normalized spacial score (nSPS) is 13.9. The van der Waals surface area contributed by atoms with Gasteiger partial charge in [-0.05, 0) is 24.8 Å². The third-order valence-electron chi connectivity index (χ3n) is 1.88. The lowest BCUT2D eigenvalue weighted by molar-refractivity contribution is 0.283. The predicted molar refractivity (Wildman–Crippen MR) is 56.9 cm³/mol. The summed E-state index contributed by atoms with van der Waals surface area (Å²) < 4.78 is 5.31. The first-order valence-corrected chi connectivity index (χ1v) is 4.93. The molecule has 0 aromatic carbocycles. The number of rotatable bonds is 6. The Morgan fingerprint density at radius 1 is 1.54 bits per heavy atom. The van der Waals surface area contributed by atoms with E-state index in [4.69, 9.17) is 10.5 Å². The van der Waals surface area contributed by atoms with Gasteiger partial charge < -0.3 is 10.5 Å². The molecule has 2 nitrogen and oxygen atoms in total. The zero-order valence-corrected chi connectivity index (χ0v) is 8.97. The molecule has 0 aliphatic heterocycles. The van der Waals surface area contributed by atoms with Gasteiger partial charge in [0, 0.05) is 6.42 Å². The monoisotopic (exact) mass is 183 g/mol. The number of nitrogens with two attached hydrogens (primary N) is 1. The van der Waals surface area contributed by atoms with E-state index in [1.54, 1.807) is 0 Å². The number of allylic oxidation sites excluding steroid dienone is 2. The fourth-order valence-corrected chi connectivity index (χ4v) is 0.929. The molecule has 0 amide bonds. The van der Waals surface area contributed by atoms with E-state index >= 15 is 0 Å². The molecule has 0 radical (unpaired) electrons. The fourth-order valence-electron chi connectivity index (χ4n) is 0.929. The van der Waals surface area contributed by atoms with E-state index in [-0.39, 0.29) is 0 Å². The van der Waals surface area contributed by atoms with Gasteiger partial charge in [0.25, 0.3) is 0 Å². The van der Waals surface area contributed by atoms with Gasteiger partial charge in [-0.1, -0.05) is 27.4 Å². The average molecular weight is 183 g/mol. The van der Waals surface area contributed by atoms with Crippen LogP contribution in [0.25, 0.3) is 0 Å². The summed E-state index contributed by atoms with van der Waals surface area (Å²) in [5, 5.41) is 0. The van der Waals surface area contributed by atoms with E-state index in [0.29, 0.717) is 11.8 Å². The van der Waals surface area contributed by atoms with Crippen LogP contribution in [0.4, 0.5) is 0 Å². The molecule has 0 aliphatic carbocycles. The van der Waals surface area contributed by atoms with Crippen molar-refractivity contribution in [1.29, 1.82) is 0 Å².